The van der Waals surface area contributed by atoms with Crippen molar-refractivity contribution >= 4 is 7.28 Å². The van der Waals surface area contributed by atoms with Crippen LogP contribution in [0.3, 0.4) is 0 Å². The molecule has 0 aliphatic rings. The van der Waals surface area contributed by atoms with Gasteiger partial charge in [-0.05, 0) is 0 Å². The van der Waals surface area contributed by atoms with Crippen molar-refractivity contribution in [1.82, 2.24) is 0 Å². The van der Waals surface area contributed by atoms with Gasteiger partial charge in [0, 0.05) is 0 Å². The Hall–Kier alpha value is 0.0649. The lowest BCUT2D eigenvalue weighted by molar-refractivity contribution is 1.07. The van der Waals surface area contributed by atoms with Gasteiger partial charge in [0.25, 0.3) is 0 Å². The smallest absolute Gasteiger partial charge is 0.0831 e. The van der Waals surface area contributed by atoms with Crippen molar-refractivity contribution in [2.45, 2.75) is 92.3 Å². The first kappa shape index (κ1) is 93.6. The molecule has 1 radical (unpaired) electrons. The van der Waals surface area contributed by atoms with Gasteiger partial charge in [-0.1, -0.05) is 92.3 Å². The van der Waals surface area contributed by atoms with E-state index in [0.717, 1.165) is 0 Å². The standard InChI is InChI=1S/C5H12B.8CH4/c1-3-5-6-4-2;;;;;;;;/h3-5H2,1-2H3;8*1H4. The highest BCUT2D eigenvalue weighted by atomic mass is 13.6. The van der Waals surface area contributed by atoms with Gasteiger partial charge in [0.1, 0.15) is 7.28 Å². The molecule has 0 heterocycles. The Morgan fingerprint density at radius 1 is 0.643 bits per heavy atom. The fraction of sp³-hybridized carbons (Fsp3) is 1.00. The summed E-state index contributed by atoms with van der Waals surface area (Å²) in [5, 5.41) is 0. The summed E-state index contributed by atoms with van der Waals surface area (Å²) in [5.74, 6) is 0. The van der Waals surface area contributed by atoms with Gasteiger partial charge in [-0.25, -0.2) is 0 Å². The predicted octanol–water partition coefficient (Wildman–Crippen LogP) is 7.05. The van der Waals surface area contributed by atoms with E-state index < -0.39 is 0 Å². The molecule has 0 saturated heterocycles. The fourth-order valence-corrected chi connectivity index (χ4v) is 0.408. The molecule has 0 saturated carbocycles. The van der Waals surface area contributed by atoms with Gasteiger partial charge in [-0.3, -0.25) is 0 Å². The van der Waals surface area contributed by atoms with Gasteiger partial charge in [0.05, 0.1) is 0 Å². The Balaban J connectivity index is -0.00000000446. The van der Waals surface area contributed by atoms with E-state index in [0.29, 0.717) is 0 Å². The third-order valence-electron chi connectivity index (χ3n) is 0.781. The van der Waals surface area contributed by atoms with Crippen molar-refractivity contribution in [2.75, 3.05) is 0 Å². The second kappa shape index (κ2) is 115. The van der Waals surface area contributed by atoms with Crippen LogP contribution in [0.2, 0.25) is 12.6 Å². The Morgan fingerprint density at radius 2 is 0.929 bits per heavy atom. The topological polar surface area (TPSA) is 0 Å². The van der Waals surface area contributed by atoms with Crippen LogP contribution in [0.4, 0.5) is 0 Å². The first-order valence-corrected chi connectivity index (χ1v) is 2.73. The van der Waals surface area contributed by atoms with E-state index in [2.05, 4.69) is 21.1 Å². The SMILES string of the molecule is C.C.C.C.C.C.C.C.CC[B]CCC. The van der Waals surface area contributed by atoms with Gasteiger partial charge < -0.3 is 0 Å². The molecule has 0 aromatic rings. The maximum absolute atomic E-state index is 2.31. The van der Waals surface area contributed by atoms with Crippen molar-refractivity contribution in [1.29, 1.82) is 0 Å². The minimum atomic E-state index is 0. The monoisotopic (exact) mass is 211 g/mol. The normalized spacial score (nSPS) is 3.57. The Kier molecular flexibility index (Phi) is 769. The summed E-state index contributed by atoms with van der Waals surface area (Å²) >= 11 is 0. The quantitative estimate of drug-likeness (QED) is 0.346. The van der Waals surface area contributed by atoms with Crippen LogP contribution in [0.5, 0.6) is 0 Å². The first-order chi connectivity index (χ1) is 2.91. The van der Waals surface area contributed by atoms with Gasteiger partial charge in [0.15, 0.2) is 0 Å². The van der Waals surface area contributed by atoms with E-state index in [4.69, 9.17) is 0 Å². The minimum Gasteiger partial charge on any atom is -0.0831 e. The van der Waals surface area contributed by atoms with Crippen LogP contribution in [0.25, 0.3) is 0 Å². The molecule has 99 valence electrons. The molecule has 14 heavy (non-hydrogen) atoms. The van der Waals surface area contributed by atoms with Crippen molar-refractivity contribution in [2.24, 2.45) is 0 Å². The highest BCUT2D eigenvalue weighted by Gasteiger charge is 1.78. The molecule has 0 aliphatic carbocycles. The molecule has 1 heteroatoms. The molecule has 0 aliphatic heterocycles. The molecule has 0 bridgehead atoms. The van der Waals surface area contributed by atoms with Gasteiger partial charge in [0.2, 0.25) is 0 Å². The third kappa shape index (κ3) is 157. The number of hydrogen-bond acceptors (Lipinski definition) is 0. The van der Waals surface area contributed by atoms with Crippen molar-refractivity contribution < 1.29 is 0 Å². The second-order valence-electron chi connectivity index (χ2n) is 1.49. The zero-order valence-corrected chi connectivity index (χ0v) is 4.70. The summed E-state index contributed by atoms with van der Waals surface area (Å²) in [7, 11) is 2.31. The molecule has 0 aromatic heterocycles. The summed E-state index contributed by atoms with van der Waals surface area (Å²) in [6.45, 7) is 4.38. The van der Waals surface area contributed by atoms with Crippen LogP contribution < -0.4 is 0 Å². The summed E-state index contributed by atoms with van der Waals surface area (Å²) in [5.41, 5.74) is 0. The predicted molar refractivity (Wildman–Crippen MR) is 85.2 cm³/mol. The van der Waals surface area contributed by atoms with E-state index in [1.54, 1.807) is 0 Å². The van der Waals surface area contributed by atoms with Crippen LogP contribution in [0.15, 0.2) is 0 Å². The summed E-state index contributed by atoms with van der Waals surface area (Å²) in [4.78, 5) is 0. The molecule has 0 amide bonds. The van der Waals surface area contributed by atoms with E-state index in [9.17, 15) is 0 Å². The zero-order chi connectivity index (χ0) is 4.83. The lowest BCUT2D eigenvalue weighted by Gasteiger charge is -1.83. The first-order valence-electron chi connectivity index (χ1n) is 2.73. The Bertz CT molecular complexity index is 17.2. The largest absolute Gasteiger partial charge is 0.109 e. The molecule has 0 unspecified atom stereocenters. The maximum Gasteiger partial charge on any atom is 0.109 e. The fourth-order valence-electron chi connectivity index (χ4n) is 0.408. The molecule has 0 N–H and O–H groups in total. The summed E-state index contributed by atoms with van der Waals surface area (Å²) < 4.78 is 0. The Morgan fingerprint density at radius 3 is 1.00 bits per heavy atom. The molecule has 0 atom stereocenters. The van der Waals surface area contributed by atoms with E-state index in [1.165, 1.54) is 19.1 Å². The lowest BCUT2D eigenvalue weighted by atomic mass is 9.71. The Labute approximate surface area is 100 Å². The summed E-state index contributed by atoms with van der Waals surface area (Å²) in [6, 6.07) is 0. The van der Waals surface area contributed by atoms with Crippen molar-refractivity contribution in [3.8, 4) is 0 Å². The third-order valence-corrected chi connectivity index (χ3v) is 0.781. The zero-order valence-electron chi connectivity index (χ0n) is 4.70. The van der Waals surface area contributed by atoms with Crippen molar-refractivity contribution in [3.63, 3.8) is 0 Å². The van der Waals surface area contributed by atoms with Gasteiger partial charge in [-0.2, -0.15) is 0 Å². The molecule has 0 rings (SSSR count). The van der Waals surface area contributed by atoms with Crippen LogP contribution in [-0.4, -0.2) is 7.28 Å². The summed E-state index contributed by atoms with van der Waals surface area (Å²) in [6.07, 6.45) is 3.82. The average molecular weight is 211 g/mol. The van der Waals surface area contributed by atoms with Gasteiger partial charge >= 0.3 is 0 Å². The second-order valence-corrected chi connectivity index (χ2v) is 1.49. The highest BCUT2D eigenvalue weighted by Crippen LogP contribution is 1.86. The van der Waals surface area contributed by atoms with Crippen LogP contribution in [0.1, 0.15) is 79.7 Å². The number of hydrogen-bond donors (Lipinski definition) is 0. The van der Waals surface area contributed by atoms with Crippen LogP contribution >= 0.6 is 0 Å². The van der Waals surface area contributed by atoms with Gasteiger partial charge in [-0.15, -0.1) is 0 Å². The minimum absolute atomic E-state index is 0. The molecule has 0 nitrogen and oxygen atoms in total. The number of rotatable bonds is 3. The van der Waals surface area contributed by atoms with E-state index in [-0.39, 0.29) is 59.4 Å². The van der Waals surface area contributed by atoms with Crippen molar-refractivity contribution in [3.05, 3.63) is 0 Å². The maximum atomic E-state index is 2.31. The molecular weight excluding hydrogens is 167 g/mol. The molecule has 0 aromatic carbocycles. The van der Waals surface area contributed by atoms with E-state index in [1.807, 2.05) is 0 Å². The van der Waals surface area contributed by atoms with Crippen LogP contribution in [0, 0.1) is 0 Å². The van der Waals surface area contributed by atoms with Crippen LogP contribution in [-0.2, 0) is 0 Å². The average Bonchev–Trinajstić information content (AvgIpc) is 1.61. The molecular formula is C13H44B. The van der Waals surface area contributed by atoms with E-state index >= 15 is 0 Å². The molecule has 0 fully saturated rings. The highest BCUT2D eigenvalue weighted by molar-refractivity contribution is 6.35. The molecule has 0 spiro atoms. The lowest BCUT2D eigenvalue weighted by Crippen LogP contribution is -1.80.